The van der Waals surface area contributed by atoms with Crippen molar-refractivity contribution in [3.8, 4) is 11.3 Å². The number of furan rings is 1. The fourth-order valence-electron chi connectivity index (χ4n) is 0.966. The summed E-state index contributed by atoms with van der Waals surface area (Å²) in [6.45, 7) is 0. The fourth-order valence-corrected chi connectivity index (χ4v) is 1.51. The molecule has 0 aromatic carbocycles. The molecular weight excluding hydrogens is 246 g/mol. The maximum atomic E-state index is 5.83. The fraction of sp³-hybridized carbons (Fsp3) is 0. The smallest absolute Gasteiger partial charge is 0.223 e. The second-order valence-electron chi connectivity index (χ2n) is 2.45. The van der Waals surface area contributed by atoms with Gasteiger partial charge in [-0.15, -0.1) is 0 Å². The maximum absolute atomic E-state index is 5.83. The third kappa shape index (κ3) is 1.85. The molecule has 0 N–H and O–H groups in total. The number of hydrogen-bond donors (Lipinski definition) is 0. The topological polar surface area (TPSA) is 38.9 Å². The van der Waals surface area contributed by atoms with E-state index in [2.05, 4.69) is 9.97 Å². The third-order valence-corrected chi connectivity index (χ3v) is 2.22. The lowest BCUT2D eigenvalue weighted by Gasteiger charge is -1.98. The summed E-state index contributed by atoms with van der Waals surface area (Å²) >= 11 is 17.0. The molecule has 0 radical (unpaired) electrons. The molecule has 2 aromatic rings. The standard InChI is InChI=1S/C8H3Cl3N2O/c9-6-2-1-5(14-6)4-3-12-8(11)13-7(4)10/h1-3H. The zero-order chi connectivity index (χ0) is 10.1. The molecule has 6 heteroatoms. The van der Waals surface area contributed by atoms with E-state index in [1.165, 1.54) is 6.20 Å². The SMILES string of the molecule is Clc1ncc(-c2ccc(Cl)o2)c(Cl)n1. The molecule has 2 rings (SSSR count). The second kappa shape index (κ2) is 3.77. The lowest BCUT2D eigenvalue weighted by molar-refractivity contribution is 0.584. The van der Waals surface area contributed by atoms with Gasteiger partial charge in [0.15, 0.2) is 5.22 Å². The molecule has 3 nitrogen and oxygen atoms in total. The summed E-state index contributed by atoms with van der Waals surface area (Å²) in [7, 11) is 0. The summed E-state index contributed by atoms with van der Waals surface area (Å²) < 4.78 is 5.15. The quantitative estimate of drug-likeness (QED) is 0.571. The van der Waals surface area contributed by atoms with Crippen molar-refractivity contribution >= 4 is 34.8 Å². The lowest BCUT2D eigenvalue weighted by atomic mass is 10.3. The zero-order valence-corrected chi connectivity index (χ0v) is 8.94. The Morgan fingerprint density at radius 1 is 1.14 bits per heavy atom. The molecule has 0 bridgehead atoms. The Kier molecular flexibility index (Phi) is 2.63. The van der Waals surface area contributed by atoms with Gasteiger partial charge < -0.3 is 4.42 Å². The highest BCUT2D eigenvalue weighted by molar-refractivity contribution is 6.33. The van der Waals surface area contributed by atoms with Gasteiger partial charge in [0.2, 0.25) is 5.28 Å². The van der Waals surface area contributed by atoms with Crippen molar-refractivity contribution < 1.29 is 4.42 Å². The summed E-state index contributed by atoms with van der Waals surface area (Å²) in [5, 5.41) is 0.610. The number of halogens is 3. The molecule has 0 saturated heterocycles. The van der Waals surface area contributed by atoms with Crippen LogP contribution in [-0.2, 0) is 0 Å². The molecule has 0 spiro atoms. The van der Waals surface area contributed by atoms with Crippen LogP contribution in [-0.4, -0.2) is 9.97 Å². The van der Waals surface area contributed by atoms with Gasteiger partial charge in [0, 0.05) is 6.20 Å². The van der Waals surface area contributed by atoms with Gasteiger partial charge >= 0.3 is 0 Å². The van der Waals surface area contributed by atoms with E-state index in [1.807, 2.05) is 0 Å². The van der Waals surface area contributed by atoms with Crippen LogP contribution < -0.4 is 0 Å². The summed E-state index contributed by atoms with van der Waals surface area (Å²) in [6.07, 6.45) is 1.48. The van der Waals surface area contributed by atoms with Crippen LogP contribution in [0.3, 0.4) is 0 Å². The maximum Gasteiger partial charge on any atom is 0.223 e. The summed E-state index contributed by atoms with van der Waals surface area (Å²) in [5.41, 5.74) is 0.558. The molecule has 72 valence electrons. The predicted octanol–water partition coefficient (Wildman–Crippen LogP) is 3.70. The minimum atomic E-state index is 0.0939. The zero-order valence-electron chi connectivity index (χ0n) is 6.67. The highest BCUT2D eigenvalue weighted by Gasteiger charge is 2.10. The Morgan fingerprint density at radius 3 is 2.50 bits per heavy atom. The number of nitrogens with zero attached hydrogens (tertiary/aromatic N) is 2. The van der Waals surface area contributed by atoms with Crippen LogP contribution in [0, 0.1) is 0 Å². The Bertz CT molecular complexity index is 469. The predicted molar refractivity (Wildman–Crippen MR) is 54.8 cm³/mol. The first-order valence-corrected chi connectivity index (χ1v) is 4.74. The molecule has 0 saturated carbocycles. The highest BCUT2D eigenvalue weighted by Crippen LogP contribution is 2.29. The summed E-state index contributed by atoms with van der Waals surface area (Å²) in [4.78, 5) is 7.57. The molecule has 14 heavy (non-hydrogen) atoms. The molecule has 0 aliphatic rings. The molecule has 0 atom stereocenters. The molecular formula is C8H3Cl3N2O. The Balaban J connectivity index is 2.52. The van der Waals surface area contributed by atoms with Crippen LogP contribution in [0.1, 0.15) is 0 Å². The van der Waals surface area contributed by atoms with Gasteiger partial charge in [0.1, 0.15) is 10.9 Å². The van der Waals surface area contributed by atoms with E-state index in [4.69, 9.17) is 39.2 Å². The summed E-state index contributed by atoms with van der Waals surface area (Å²) in [6, 6.07) is 3.29. The first-order chi connectivity index (χ1) is 6.66. The first kappa shape index (κ1) is 9.77. The van der Waals surface area contributed by atoms with Gasteiger partial charge in [0.05, 0.1) is 5.56 Å². The van der Waals surface area contributed by atoms with Crippen molar-refractivity contribution in [1.29, 1.82) is 0 Å². The van der Waals surface area contributed by atoms with Crippen LogP contribution in [0.25, 0.3) is 11.3 Å². The van der Waals surface area contributed by atoms with Gasteiger partial charge in [-0.25, -0.2) is 9.97 Å². The number of rotatable bonds is 1. The van der Waals surface area contributed by atoms with Crippen LogP contribution in [0.5, 0.6) is 0 Å². The van der Waals surface area contributed by atoms with Crippen molar-refractivity contribution in [2.75, 3.05) is 0 Å². The molecule has 0 fully saturated rings. The third-order valence-electron chi connectivity index (χ3n) is 1.55. The minimum Gasteiger partial charge on any atom is -0.445 e. The van der Waals surface area contributed by atoms with Crippen LogP contribution >= 0.6 is 34.8 Å². The molecule has 0 aliphatic heterocycles. The van der Waals surface area contributed by atoms with E-state index < -0.39 is 0 Å². The van der Waals surface area contributed by atoms with E-state index in [0.29, 0.717) is 11.3 Å². The first-order valence-electron chi connectivity index (χ1n) is 3.60. The van der Waals surface area contributed by atoms with Crippen LogP contribution in [0.4, 0.5) is 0 Å². The Labute approximate surface area is 94.6 Å². The average Bonchev–Trinajstić information content (AvgIpc) is 2.51. The van der Waals surface area contributed by atoms with E-state index in [-0.39, 0.29) is 15.7 Å². The number of hydrogen-bond acceptors (Lipinski definition) is 3. The van der Waals surface area contributed by atoms with Crippen LogP contribution in [0.2, 0.25) is 15.7 Å². The van der Waals surface area contributed by atoms with E-state index in [1.54, 1.807) is 12.1 Å². The van der Waals surface area contributed by atoms with Gasteiger partial charge in [-0.2, -0.15) is 0 Å². The van der Waals surface area contributed by atoms with Gasteiger partial charge in [-0.1, -0.05) is 11.6 Å². The van der Waals surface area contributed by atoms with Gasteiger partial charge in [0.25, 0.3) is 0 Å². The monoisotopic (exact) mass is 248 g/mol. The van der Waals surface area contributed by atoms with E-state index >= 15 is 0 Å². The van der Waals surface area contributed by atoms with Crippen molar-refractivity contribution in [1.82, 2.24) is 9.97 Å². The number of aromatic nitrogens is 2. The van der Waals surface area contributed by atoms with Crippen molar-refractivity contribution in [3.63, 3.8) is 0 Å². The van der Waals surface area contributed by atoms with Gasteiger partial charge in [-0.05, 0) is 35.3 Å². The second-order valence-corrected chi connectivity index (χ2v) is 3.52. The van der Waals surface area contributed by atoms with E-state index in [0.717, 1.165) is 0 Å². The van der Waals surface area contributed by atoms with Crippen molar-refractivity contribution in [3.05, 3.63) is 34.0 Å². The van der Waals surface area contributed by atoms with Crippen molar-refractivity contribution in [2.45, 2.75) is 0 Å². The average molecular weight is 249 g/mol. The Hall–Kier alpha value is -0.770. The van der Waals surface area contributed by atoms with Crippen LogP contribution in [0.15, 0.2) is 22.7 Å². The molecule has 0 unspecified atom stereocenters. The van der Waals surface area contributed by atoms with Crippen molar-refractivity contribution in [2.24, 2.45) is 0 Å². The highest BCUT2D eigenvalue weighted by atomic mass is 35.5. The molecule has 0 aliphatic carbocycles. The molecule has 0 amide bonds. The molecule has 2 heterocycles. The largest absolute Gasteiger partial charge is 0.445 e. The lowest BCUT2D eigenvalue weighted by Crippen LogP contribution is -1.85. The van der Waals surface area contributed by atoms with E-state index in [9.17, 15) is 0 Å². The minimum absolute atomic E-state index is 0.0939. The molecule has 2 aromatic heterocycles. The summed E-state index contributed by atoms with van der Waals surface area (Å²) in [5.74, 6) is 0.511. The van der Waals surface area contributed by atoms with Gasteiger partial charge in [-0.3, -0.25) is 0 Å². The Morgan fingerprint density at radius 2 is 1.93 bits per heavy atom. The normalized spacial score (nSPS) is 10.5.